The summed E-state index contributed by atoms with van der Waals surface area (Å²) in [6.07, 6.45) is 1.32. The summed E-state index contributed by atoms with van der Waals surface area (Å²) in [6, 6.07) is 11.2. The molecule has 1 aromatic carbocycles. The molecule has 3 N–H and O–H groups in total. The van der Waals surface area contributed by atoms with Crippen molar-refractivity contribution in [3.05, 3.63) is 59.0 Å². The van der Waals surface area contributed by atoms with E-state index in [4.69, 9.17) is 9.52 Å². The van der Waals surface area contributed by atoms with E-state index in [0.717, 1.165) is 22.6 Å². The number of amides is 2. The van der Waals surface area contributed by atoms with Crippen molar-refractivity contribution < 1.29 is 14.3 Å². The second-order valence-corrected chi connectivity index (χ2v) is 6.04. The number of rotatable bonds is 7. The quantitative estimate of drug-likeness (QED) is 0.723. The fourth-order valence-corrected chi connectivity index (χ4v) is 2.86. The Kier molecular flexibility index (Phi) is 6.44. The lowest BCUT2D eigenvalue weighted by molar-refractivity contribution is 0.230. The number of hydrogen-bond acceptors (Lipinski definition) is 3. The Morgan fingerprint density at radius 2 is 1.92 bits per heavy atom. The molecule has 24 heavy (non-hydrogen) atoms. The molecule has 1 heterocycles. The van der Waals surface area contributed by atoms with Crippen molar-refractivity contribution in [2.45, 2.75) is 45.7 Å². The molecule has 130 valence electrons. The van der Waals surface area contributed by atoms with Crippen LogP contribution in [-0.4, -0.2) is 17.7 Å². The van der Waals surface area contributed by atoms with Gasteiger partial charge in [-0.1, -0.05) is 30.3 Å². The van der Waals surface area contributed by atoms with Crippen molar-refractivity contribution in [1.29, 1.82) is 0 Å². The smallest absolute Gasteiger partial charge is 0.315 e. The molecule has 0 saturated carbocycles. The molecule has 2 atom stereocenters. The number of aliphatic hydroxyl groups is 1. The van der Waals surface area contributed by atoms with Gasteiger partial charge in [0.2, 0.25) is 0 Å². The predicted octanol–water partition coefficient (Wildman–Crippen LogP) is 3.77. The first-order valence-electron chi connectivity index (χ1n) is 8.31. The molecule has 2 unspecified atom stereocenters. The Hall–Kier alpha value is -2.27. The average Bonchev–Trinajstić information content (AvgIpc) is 2.90. The van der Waals surface area contributed by atoms with Crippen LogP contribution in [0.25, 0.3) is 0 Å². The molecular formula is C19H26N2O3. The number of furan rings is 1. The van der Waals surface area contributed by atoms with E-state index >= 15 is 0 Å². The van der Waals surface area contributed by atoms with Crippen molar-refractivity contribution in [3.63, 3.8) is 0 Å². The minimum atomic E-state index is -0.229. The number of aliphatic hydroxyl groups excluding tert-OH is 1. The Balaban J connectivity index is 2.00. The van der Waals surface area contributed by atoms with E-state index in [2.05, 4.69) is 10.6 Å². The lowest BCUT2D eigenvalue weighted by Gasteiger charge is -2.21. The SMILES string of the molecule is Cc1cc(C(C)NC(=O)NC(CCCO)c2ccccc2)c(C)o1. The van der Waals surface area contributed by atoms with Gasteiger partial charge in [-0.2, -0.15) is 0 Å². The first-order valence-corrected chi connectivity index (χ1v) is 8.31. The number of aryl methyl sites for hydroxylation is 2. The first-order chi connectivity index (χ1) is 11.5. The lowest BCUT2D eigenvalue weighted by Crippen LogP contribution is -2.39. The van der Waals surface area contributed by atoms with Gasteiger partial charge < -0.3 is 20.2 Å². The highest BCUT2D eigenvalue weighted by atomic mass is 16.3. The minimum absolute atomic E-state index is 0.108. The molecule has 0 aliphatic carbocycles. The average molecular weight is 330 g/mol. The maximum atomic E-state index is 12.4. The van der Waals surface area contributed by atoms with Gasteiger partial charge in [-0.3, -0.25) is 0 Å². The van der Waals surface area contributed by atoms with E-state index in [1.165, 1.54) is 0 Å². The van der Waals surface area contributed by atoms with Crippen molar-refractivity contribution in [1.82, 2.24) is 10.6 Å². The van der Waals surface area contributed by atoms with Crippen LogP contribution in [0.1, 0.15) is 54.5 Å². The molecule has 5 nitrogen and oxygen atoms in total. The fourth-order valence-electron chi connectivity index (χ4n) is 2.86. The molecule has 0 fully saturated rings. The number of nitrogens with one attached hydrogen (secondary N) is 2. The standard InChI is InChI=1S/C19H26N2O3/c1-13-12-17(15(3)24-13)14(2)20-19(23)21-18(10-7-11-22)16-8-5-4-6-9-16/h4-6,8-9,12,14,18,22H,7,10-11H2,1-3H3,(H2,20,21,23). The Bertz CT molecular complexity index is 652. The van der Waals surface area contributed by atoms with Crippen LogP contribution in [0.2, 0.25) is 0 Å². The van der Waals surface area contributed by atoms with Gasteiger partial charge in [-0.05, 0) is 45.2 Å². The van der Waals surface area contributed by atoms with E-state index in [-0.39, 0.29) is 24.7 Å². The summed E-state index contributed by atoms with van der Waals surface area (Å²) in [5.41, 5.74) is 2.01. The lowest BCUT2D eigenvalue weighted by atomic mass is 10.0. The molecule has 2 amide bonds. The zero-order valence-electron chi connectivity index (χ0n) is 14.5. The first kappa shape index (κ1) is 18.1. The topological polar surface area (TPSA) is 74.5 Å². The van der Waals surface area contributed by atoms with Gasteiger partial charge in [0.25, 0.3) is 0 Å². The van der Waals surface area contributed by atoms with Gasteiger partial charge >= 0.3 is 6.03 Å². The summed E-state index contributed by atoms with van der Waals surface area (Å²) in [5.74, 6) is 1.65. The summed E-state index contributed by atoms with van der Waals surface area (Å²) >= 11 is 0. The second kappa shape index (κ2) is 8.55. The number of urea groups is 1. The monoisotopic (exact) mass is 330 g/mol. The maximum Gasteiger partial charge on any atom is 0.315 e. The second-order valence-electron chi connectivity index (χ2n) is 6.04. The van der Waals surface area contributed by atoms with Gasteiger partial charge in [0, 0.05) is 12.2 Å². The molecule has 2 aromatic rings. The van der Waals surface area contributed by atoms with Crippen LogP contribution in [-0.2, 0) is 0 Å². The van der Waals surface area contributed by atoms with E-state index in [0.29, 0.717) is 12.8 Å². The van der Waals surface area contributed by atoms with Gasteiger partial charge in [-0.25, -0.2) is 4.79 Å². The fraction of sp³-hybridized carbons (Fsp3) is 0.421. The maximum absolute atomic E-state index is 12.4. The molecule has 5 heteroatoms. The van der Waals surface area contributed by atoms with Crippen LogP contribution in [0.15, 0.2) is 40.8 Å². The highest BCUT2D eigenvalue weighted by Crippen LogP contribution is 2.22. The largest absolute Gasteiger partial charge is 0.466 e. The molecule has 1 aromatic heterocycles. The summed E-state index contributed by atoms with van der Waals surface area (Å²) < 4.78 is 5.52. The molecule has 2 rings (SSSR count). The van der Waals surface area contributed by atoms with E-state index < -0.39 is 0 Å². The highest BCUT2D eigenvalue weighted by molar-refractivity contribution is 5.75. The Labute approximate surface area is 143 Å². The molecule has 0 spiro atoms. The number of benzene rings is 1. The molecule has 0 aliphatic rings. The van der Waals surface area contributed by atoms with Crippen LogP contribution in [0.3, 0.4) is 0 Å². The van der Waals surface area contributed by atoms with E-state index in [1.807, 2.05) is 57.2 Å². The van der Waals surface area contributed by atoms with Crippen molar-refractivity contribution in [2.75, 3.05) is 6.61 Å². The molecule has 0 bridgehead atoms. The zero-order valence-corrected chi connectivity index (χ0v) is 14.5. The molecule has 0 radical (unpaired) electrons. The number of hydrogen-bond donors (Lipinski definition) is 3. The zero-order chi connectivity index (χ0) is 17.5. The summed E-state index contributed by atoms with van der Waals surface area (Å²) in [7, 11) is 0. The van der Waals surface area contributed by atoms with Crippen LogP contribution in [0.5, 0.6) is 0 Å². The van der Waals surface area contributed by atoms with Crippen molar-refractivity contribution >= 4 is 6.03 Å². The molecular weight excluding hydrogens is 304 g/mol. The number of carbonyl (C=O) groups is 1. The van der Waals surface area contributed by atoms with Crippen LogP contribution >= 0.6 is 0 Å². The van der Waals surface area contributed by atoms with Crippen molar-refractivity contribution in [2.24, 2.45) is 0 Å². The summed E-state index contributed by atoms with van der Waals surface area (Å²) in [5, 5.41) is 15.0. The van der Waals surface area contributed by atoms with Crippen LogP contribution < -0.4 is 10.6 Å². The summed E-state index contributed by atoms with van der Waals surface area (Å²) in [6.45, 7) is 5.83. The Morgan fingerprint density at radius 3 is 2.50 bits per heavy atom. The summed E-state index contributed by atoms with van der Waals surface area (Å²) in [4.78, 5) is 12.4. The Morgan fingerprint density at radius 1 is 1.21 bits per heavy atom. The van der Waals surface area contributed by atoms with Gasteiger partial charge in [0.1, 0.15) is 11.5 Å². The van der Waals surface area contributed by atoms with Crippen LogP contribution in [0.4, 0.5) is 4.79 Å². The molecule has 0 saturated heterocycles. The van der Waals surface area contributed by atoms with Gasteiger partial charge in [-0.15, -0.1) is 0 Å². The van der Waals surface area contributed by atoms with E-state index in [1.54, 1.807) is 0 Å². The van der Waals surface area contributed by atoms with Crippen LogP contribution in [0, 0.1) is 13.8 Å². The van der Waals surface area contributed by atoms with Gasteiger partial charge in [0.15, 0.2) is 0 Å². The highest BCUT2D eigenvalue weighted by Gasteiger charge is 2.18. The van der Waals surface area contributed by atoms with E-state index in [9.17, 15) is 4.79 Å². The third kappa shape index (κ3) is 4.86. The third-order valence-electron chi connectivity index (χ3n) is 4.05. The van der Waals surface area contributed by atoms with Crippen molar-refractivity contribution in [3.8, 4) is 0 Å². The predicted molar refractivity (Wildman–Crippen MR) is 93.8 cm³/mol. The van der Waals surface area contributed by atoms with Gasteiger partial charge in [0.05, 0.1) is 12.1 Å². The number of carbonyl (C=O) groups excluding carboxylic acids is 1. The molecule has 0 aliphatic heterocycles. The normalized spacial score (nSPS) is 13.3. The minimum Gasteiger partial charge on any atom is -0.466 e. The third-order valence-corrected chi connectivity index (χ3v) is 4.05.